The van der Waals surface area contributed by atoms with Crippen molar-refractivity contribution in [2.75, 3.05) is 13.2 Å². The van der Waals surface area contributed by atoms with Gasteiger partial charge in [-0.15, -0.1) is 0 Å². The van der Waals surface area contributed by atoms with E-state index in [1.807, 2.05) is 0 Å². The summed E-state index contributed by atoms with van der Waals surface area (Å²) < 4.78 is 5.39. The molecule has 0 radical (unpaired) electrons. The van der Waals surface area contributed by atoms with Crippen molar-refractivity contribution in [2.24, 2.45) is 17.6 Å². The largest absolute Gasteiger partial charge is 0.381 e. The predicted octanol–water partition coefficient (Wildman–Crippen LogP) is 3.31. The van der Waals surface area contributed by atoms with Crippen molar-refractivity contribution >= 4 is 0 Å². The smallest absolute Gasteiger partial charge is 0.0469 e. The van der Waals surface area contributed by atoms with Crippen molar-refractivity contribution in [1.29, 1.82) is 0 Å². The van der Waals surface area contributed by atoms with Crippen molar-refractivity contribution in [1.82, 2.24) is 0 Å². The molecule has 2 N–H and O–H groups in total. The van der Waals surface area contributed by atoms with Crippen molar-refractivity contribution in [2.45, 2.75) is 39.2 Å². The van der Waals surface area contributed by atoms with Gasteiger partial charge in [0, 0.05) is 19.3 Å². The van der Waals surface area contributed by atoms with Crippen LogP contribution in [0.25, 0.3) is 0 Å². The fourth-order valence-corrected chi connectivity index (χ4v) is 2.69. The fourth-order valence-electron chi connectivity index (χ4n) is 2.69. The summed E-state index contributed by atoms with van der Waals surface area (Å²) in [5, 5.41) is 0. The van der Waals surface area contributed by atoms with E-state index in [1.165, 1.54) is 11.1 Å². The Labute approximate surface area is 111 Å². The first-order valence-electron chi connectivity index (χ1n) is 7.09. The lowest BCUT2D eigenvalue weighted by molar-refractivity contribution is 0.0584. The zero-order chi connectivity index (χ0) is 13.0. The zero-order valence-corrected chi connectivity index (χ0v) is 11.6. The first-order chi connectivity index (χ1) is 8.66. The molecule has 0 aliphatic carbocycles. The average molecular weight is 247 g/mol. The standard InChI is InChI=1S/C16H25NO/c1-12(2)11-13-3-5-14(6-4-13)16(17)15-7-9-18-10-8-15/h3-6,12,15-16H,7-11,17H2,1-2H3. The summed E-state index contributed by atoms with van der Waals surface area (Å²) in [7, 11) is 0. The van der Waals surface area contributed by atoms with Gasteiger partial charge in [0.25, 0.3) is 0 Å². The Morgan fingerprint density at radius 3 is 2.33 bits per heavy atom. The lowest BCUT2D eigenvalue weighted by Crippen LogP contribution is -2.27. The van der Waals surface area contributed by atoms with Gasteiger partial charge in [0.1, 0.15) is 0 Å². The highest BCUT2D eigenvalue weighted by Crippen LogP contribution is 2.28. The lowest BCUT2D eigenvalue weighted by atomic mass is 9.87. The van der Waals surface area contributed by atoms with Crippen LogP contribution in [-0.2, 0) is 11.2 Å². The van der Waals surface area contributed by atoms with E-state index in [9.17, 15) is 0 Å². The highest BCUT2D eigenvalue weighted by Gasteiger charge is 2.22. The van der Waals surface area contributed by atoms with E-state index in [0.29, 0.717) is 11.8 Å². The third-order valence-corrected chi connectivity index (χ3v) is 3.78. The van der Waals surface area contributed by atoms with Crippen molar-refractivity contribution in [3.05, 3.63) is 35.4 Å². The SMILES string of the molecule is CC(C)Cc1ccc(C(N)C2CCOCC2)cc1. The van der Waals surface area contributed by atoms with Gasteiger partial charge < -0.3 is 10.5 Å². The Morgan fingerprint density at radius 2 is 1.78 bits per heavy atom. The number of hydrogen-bond acceptors (Lipinski definition) is 2. The number of hydrogen-bond donors (Lipinski definition) is 1. The molecule has 0 bridgehead atoms. The van der Waals surface area contributed by atoms with Gasteiger partial charge in [-0.2, -0.15) is 0 Å². The Morgan fingerprint density at radius 1 is 1.17 bits per heavy atom. The van der Waals surface area contributed by atoms with Gasteiger partial charge >= 0.3 is 0 Å². The molecule has 1 fully saturated rings. The maximum Gasteiger partial charge on any atom is 0.0469 e. The van der Waals surface area contributed by atoms with E-state index in [4.69, 9.17) is 10.5 Å². The minimum atomic E-state index is 0.169. The van der Waals surface area contributed by atoms with E-state index in [2.05, 4.69) is 38.1 Å². The van der Waals surface area contributed by atoms with Crippen molar-refractivity contribution in [3.8, 4) is 0 Å². The summed E-state index contributed by atoms with van der Waals surface area (Å²) in [6.07, 6.45) is 3.33. The molecule has 1 saturated heterocycles. The van der Waals surface area contributed by atoms with Crippen LogP contribution in [0.5, 0.6) is 0 Å². The molecule has 1 aromatic carbocycles. The van der Waals surface area contributed by atoms with E-state index < -0.39 is 0 Å². The van der Waals surface area contributed by atoms with Crippen LogP contribution in [0.15, 0.2) is 24.3 Å². The van der Waals surface area contributed by atoms with Crippen LogP contribution in [-0.4, -0.2) is 13.2 Å². The molecular weight excluding hydrogens is 222 g/mol. The zero-order valence-electron chi connectivity index (χ0n) is 11.6. The molecular formula is C16H25NO. The minimum Gasteiger partial charge on any atom is -0.381 e. The molecule has 1 aromatic rings. The van der Waals surface area contributed by atoms with Gasteiger partial charge in [0.05, 0.1) is 0 Å². The fraction of sp³-hybridized carbons (Fsp3) is 0.625. The van der Waals surface area contributed by atoms with Gasteiger partial charge in [-0.25, -0.2) is 0 Å². The third kappa shape index (κ3) is 3.56. The van der Waals surface area contributed by atoms with Crippen LogP contribution in [0, 0.1) is 11.8 Å². The summed E-state index contributed by atoms with van der Waals surface area (Å²) >= 11 is 0. The molecule has 0 spiro atoms. The second-order valence-electron chi connectivity index (χ2n) is 5.82. The summed E-state index contributed by atoms with van der Waals surface area (Å²) in [6, 6.07) is 9.04. The normalized spacial score (nSPS) is 19.1. The van der Waals surface area contributed by atoms with Gasteiger partial charge in [-0.3, -0.25) is 0 Å². The summed E-state index contributed by atoms with van der Waals surface area (Å²) in [5.74, 6) is 1.29. The highest BCUT2D eigenvalue weighted by molar-refractivity contribution is 5.25. The lowest BCUT2D eigenvalue weighted by Gasteiger charge is -2.28. The number of rotatable bonds is 4. The highest BCUT2D eigenvalue weighted by atomic mass is 16.5. The molecule has 0 amide bonds. The second kappa shape index (κ2) is 6.35. The van der Waals surface area contributed by atoms with Crippen LogP contribution in [0.2, 0.25) is 0 Å². The van der Waals surface area contributed by atoms with Crippen LogP contribution in [0.1, 0.15) is 43.9 Å². The van der Waals surface area contributed by atoms with Crippen molar-refractivity contribution < 1.29 is 4.74 Å². The second-order valence-corrected chi connectivity index (χ2v) is 5.82. The predicted molar refractivity (Wildman–Crippen MR) is 75.5 cm³/mol. The maximum absolute atomic E-state index is 6.37. The van der Waals surface area contributed by atoms with Gasteiger partial charge in [-0.1, -0.05) is 38.1 Å². The molecule has 2 heteroatoms. The summed E-state index contributed by atoms with van der Waals surface area (Å²) in [4.78, 5) is 0. The molecule has 1 aliphatic heterocycles. The van der Waals surface area contributed by atoms with Crippen molar-refractivity contribution in [3.63, 3.8) is 0 Å². The molecule has 2 rings (SSSR count). The molecule has 1 unspecified atom stereocenters. The minimum absolute atomic E-state index is 0.169. The first-order valence-corrected chi connectivity index (χ1v) is 7.09. The molecule has 0 saturated carbocycles. The maximum atomic E-state index is 6.37. The summed E-state index contributed by atoms with van der Waals surface area (Å²) in [6.45, 7) is 6.23. The number of nitrogens with two attached hydrogens (primary N) is 1. The summed E-state index contributed by atoms with van der Waals surface area (Å²) in [5.41, 5.74) is 9.05. The third-order valence-electron chi connectivity index (χ3n) is 3.78. The van der Waals surface area contributed by atoms with E-state index in [1.54, 1.807) is 0 Å². The Hall–Kier alpha value is -0.860. The van der Waals surface area contributed by atoms with Crippen LogP contribution >= 0.6 is 0 Å². The molecule has 100 valence electrons. The van der Waals surface area contributed by atoms with E-state index >= 15 is 0 Å². The Kier molecular flexibility index (Phi) is 4.79. The van der Waals surface area contributed by atoms with E-state index in [0.717, 1.165) is 32.5 Å². The van der Waals surface area contributed by atoms with Gasteiger partial charge in [-0.05, 0) is 42.2 Å². The quantitative estimate of drug-likeness (QED) is 0.886. The Bertz CT molecular complexity index is 352. The number of benzene rings is 1. The topological polar surface area (TPSA) is 35.2 Å². The first kappa shape index (κ1) is 13.6. The molecule has 0 aromatic heterocycles. The molecule has 1 aliphatic rings. The molecule has 18 heavy (non-hydrogen) atoms. The monoisotopic (exact) mass is 247 g/mol. The number of ether oxygens (including phenoxy) is 1. The van der Waals surface area contributed by atoms with E-state index in [-0.39, 0.29) is 6.04 Å². The average Bonchev–Trinajstić information content (AvgIpc) is 2.39. The molecule has 1 heterocycles. The molecule has 2 nitrogen and oxygen atoms in total. The van der Waals surface area contributed by atoms with Gasteiger partial charge in [0.2, 0.25) is 0 Å². The van der Waals surface area contributed by atoms with Gasteiger partial charge in [0.15, 0.2) is 0 Å². The van der Waals surface area contributed by atoms with Crippen LogP contribution < -0.4 is 5.73 Å². The van der Waals surface area contributed by atoms with Crippen LogP contribution in [0.3, 0.4) is 0 Å². The van der Waals surface area contributed by atoms with Crippen LogP contribution in [0.4, 0.5) is 0 Å². The molecule has 1 atom stereocenters. The Balaban J connectivity index is 1.99.